The molecule has 0 aromatic rings. The highest BCUT2D eigenvalue weighted by Crippen LogP contribution is 2.11. The molecule has 0 heterocycles. The maximum atomic E-state index is 8.60. The molecular formula is C14H27O. The molecule has 1 heteroatoms. The predicted octanol–water partition coefficient (Wildman–Crippen LogP) is 4.26. The Labute approximate surface area is 95.6 Å². The van der Waals surface area contributed by atoms with Gasteiger partial charge in [-0.25, -0.2) is 0 Å². The standard InChI is InChI=1S/C14H27O/c1-2-3-4-5-6-7-8-9-10-11-12-13-14-15/h1-2,15H,3-14H2. The summed E-state index contributed by atoms with van der Waals surface area (Å²) in [7, 11) is 0. The molecule has 0 aliphatic heterocycles. The Morgan fingerprint density at radius 2 is 1.07 bits per heavy atom. The third-order valence-corrected chi connectivity index (χ3v) is 2.78. The van der Waals surface area contributed by atoms with Gasteiger partial charge in [0.05, 0.1) is 0 Å². The van der Waals surface area contributed by atoms with Gasteiger partial charge < -0.3 is 5.11 Å². The Balaban J connectivity index is 2.83. The van der Waals surface area contributed by atoms with E-state index in [4.69, 9.17) is 11.7 Å². The first-order valence-electron chi connectivity index (χ1n) is 6.56. The molecule has 0 atom stereocenters. The fourth-order valence-electron chi connectivity index (χ4n) is 1.79. The summed E-state index contributed by atoms with van der Waals surface area (Å²) in [6.45, 7) is 5.67. The van der Waals surface area contributed by atoms with Crippen LogP contribution in [0.2, 0.25) is 0 Å². The molecule has 0 rings (SSSR count). The maximum Gasteiger partial charge on any atom is 0.0431 e. The largest absolute Gasteiger partial charge is 0.396 e. The van der Waals surface area contributed by atoms with Crippen molar-refractivity contribution < 1.29 is 5.11 Å². The molecule has 1 radical (unpaired) electrons. The fraction of sp³-hybridized carbons (Fsp3) is 0.857. The van der Waals surface area contributed by atoms with E-state index in [1.54, 1.807) is 6.08 Å². The second kappa shape index (κ2) is 13.7. The Kier molecular flexibility index (Phi) is 13.4. The van der Waals surface area contributed by atoms with E-state index in [1.807, 2.05) is 0 Å². The highest BCUT2D eigenvalue weighted by Gasteiger charge is 1.92. The van der Waals surface area contributed by atoms with Gasteiger partial charge in [-0.3, -0.25) is 0 Å². The van der Waals surface area contributed by atoms with Gasteiger partial charge in [0.2, 0.25) is 0 Å². The molecule has 0 unspecified atom stereocenters. The number of hydrogen-bond donors (Lipinski definition) is 1. The second-order valence-corrected chi connectivity index (χ2v) is 4.28. The van der Waals surface area contributed by atoms with Crippen molar-refractivity contribution in [1.29, 1.82) is 0 Å². The molecular weight excluding hydrogens is 184 g/mol. The first-order valence-corrected chi connectivity index (χ1v) is 6.56. The van der Waals surface area contributed by atoms with E-state index in [0.717, 1.165) is 12.8 Å². The summed E-state index contributed by atoms with van der Waals surface area (Å²) < 4.78 is 0. The lowest BCUT2D eigenvalue weighted by Gasteiger charge is -2.01. The molecule has 15 heavy (non-hydrogen) atoms. The average Bonchev–Trinajstić information content (AvgIpc) is 2.26. The van der Waals surface area contributed by atoms with Crippen molar-refractivity contribution in [1.82, 2.24) is 0 Å². The Morgan fingerprint density at radius 1 is 0.667 bits per heavy atom. The summed E-state index contributed by atoms with van der Waals surface area (Å²) in [6, 6.07) is 0. The molecule has 0 spiro atoms. The summed E-state index contributed by atoms with van der Waals surface area (Å²) in [6.07, 6.45) is 15.7. The van der Waals surface area contributed by atoms with Crippen molar-refractivity contribution in [3.8, 4) is 0 Å². The highest BCUT2D eigenvalue weighted by atomic mass is 16.2. The minimum Gasteiger partial charge on any atom is -0.396 e. The average molecular weight is 211 g/mol. The van der Waals surface area contributed by atoms with Crippen LogP contribution < -0.4 is 0 Å². The van der Waals surface area contributed by atoms with E-state index >= 15 is 0 Å². The molecule has 0 amide bonds. The van der Waals surface area contributed by atoms with Gasteiger partial charge in [-0.05, 0) is 19.3 Å². The van der Waals surface area contributed by atoms with Crippen LogP contribution in [0.15, 0.2) is 6.08 Å². The highest BCUT2D eigenvalue weighted by molar-refractivity contribution is 4.61. The monoisotopic (exact) mass is 211 g/mol. The number of rotatable bonds is 12. The number of hydrogen-bond acceptors (Lipinski definition) is 1. The van der Waals surface area contributed by atoms with Crippen LogP contribution in [0.5, 0.6) is 0 Å². The van der Waals surface area contributed by atoms with Gasteiger partial charge in [0, 0.05) is 6.61 Å². The van der Waals surface area contributed by atoms with Crippen LogP contribution in [-0.2, 0) is 0 Å². The van der Waals surface area contributed by atoms with E-state index in [9.17, 15) is 0 Å². The van der Waals surface area contributed by atoms with E-state index in [-0.39, 0.29) is 0 Å². The Hall–Kier alpha value is -0.300. The first kappa shape index (κ1) is 14.7. The van der Waals surface area contributed by atoms with Crippen LogP contribution in [0.1, 0.15) is 70.6 Å². The van der Waals surface area contributed by atoms with Gasteiger partial charge in [-0.15, -0.1) is 0 Å². The summed E-state index contributed by atoms with van der Waals surface area (Å²) in [5, 5.41) is 8.60. The zero-order valence-corrected chi connectivity index (χ0v) is 10.1. The lowest BCUT2D eigenvalue weighted by atomic mass is 10.1. The van der Waals surface area contributed by atoms with Crippen molar-refractivity contribution in [3.05, 3.63) is 12.7 Å². The van der Waals surface area contributed by atoms with E-state index in [0.29, 0.717) is 6.61 Å². The minimum atomic E-state index is 0.359. The van der Waals surface area contributed by atoms with E-state index < -0.39 is 0 Å². The molecule has 89 valence electrons. The van der Waals surface area contributed by atoms with Crippen LogP contribution in [0, 0.1) is 6.58 Å². The summed E-state index contributed by atoms with van der Waals surface area (Å²) in [4.78, 5) is 0. The predicted molar refractivity (Wildman–Crippen MR) is 66.7 cm³/mol. The van der Waals surface area contributed by atoms with Gasteiger partial charge in [0.15, 0.2) is 0 Å². The van der Waals surface area contributed by atoms with Crippen molar-refractivity contribution in [2.24, 2.45) is 0 Å². The normalized spacial score (nSPS) is 10.5. The molecule has 0 aromatic heterocycles. The van der Waals surface area contributed by atoms with Crippen molar-refractivity contribution in [2.75, 3.05) is 6.61 Å². The second-order valence-electron chi connectivity index (χ2n) is 4.28. The molecule has 0 bridgehead atoms. The molecule has 0 aliphatic carbocycles. The quantitative estimate of drug-likeness (QED) is 0.478. The van der Waals surface area contributed by atoms with E-state index in [1.165, 1.54) is 57.8 Å². The molecule has 0 saturated carbocycles. The smallest absolute Gasteiger partial charge is 0.0431 e. The van der Waals surface area contributed by atoms with Crippen molar-refractivity contribution >= 4 is 0 Å². The topological polar surface area (TPSA) is 20.2 Å². The number of aliphatic hydroxyl groups is 1. The summed E-state index contributed by atoms with van der Waals surface area (Å²) in [5.41, 5.74) is 0. The third-order valence-electron chi connectivity index (χ3n) is 2.78. The first-order chi connectivity index (χ1) is 7.41. The summed E-state index contributed by atoms with van der Waals surface area (Å²) in [5.74, 6) is 0. The van der Waals surface area contributed by atoms with Crippen LogP contribution in [0.25, 0.3) is 0 Å². The van der Waals surface area contributed by atoms with Gasteiger partial charge in [0.25, 0.3) is 0 Å². The molecule has 0 saturated heterocycles. The van der Waals surface area contributed by atoms with E-state index in [2.05, 4.69) is 0 Å². The van der Waals surface area contributed by atoms with Gasteiger partial charge in [-0.1, -0.05) is 64.0 Å². The van der Waals surface area contributed by atoms with Gasteiger partial charge in [-0.2, -0.15) is 0 Å². The number of unbranched alkanes of at least 4 members (excludes halogenated alkanes) is 10. The molecule has 0 aromatic carbocycles. The van der Waals surface area contributed by atoms with Gasteiger partial charge >= 0.3 is 0 Å². The fourth-order valence-corrected chi connectivity index (χ4v) is 1.79. The van der Waals surface area contributed by atoms with Crippen molar-refractivity contribution in [3.63, 3.8) is 0 Å². The van der Waals surface area contributed by atoms with Crippen molar-refractivity contribution in [2.45, 2.75) is 70.6 Å². The number of allylic oxidation sites excluding steroid dienone is 1. The molecule has 1 N–H and O–H groups in total. The van der Waals surface area contributed by atoms with Gasteiger partial charge in [0.1, 0.15) is 0 Å². The lowest BCUT2D eigenvalue weighted by molar-refractivity contribution is 0.282. The number of aliphatic hydroxyl groups excluding tert-OH is 1. The lowest BCUT2D eigenvalue weighted by Crippen LogP contribution is -1.84. The molecule has 0 aliphatic rings. The van der Waals surface area contributed by atoms with Crippen LogP contribution in [-0.4, -0.2) is 11.7 Å². The summed E-state index contributed by atoms with van der Waals surface area (Å²) >= 11 is 0. The minimum absolute atomic E-state index is 0.359. The third kappa shape index (κ3) is 13.7. The Bertz CT molecular complexity index is 121. The Morgan fingerprint density at radius 3 is 1.47 bits per heavy atom. The molecule has 0 fully saturated rings. The molecule has 1 nitrogen and oxygen atoms in total. The van der Waals surface area contributed by atoms with Crippen LogP contribution in [0.4, 0.5) is 0 Å². The zero-order chi connectivity index (χ0) is 11.2. The van der Waals surface area contributed by atoms with Crippen LogP contribution >= 0.6 is 0 Å². The van der Waals surface area contributed by atoms with Crippen LogP contribution in [0.3, 0.4) is 0 Å². The zero-order valence-electron chi connectivity index (χ0n) is 10.1. The SMILES string of the molecule is [CH]=CCCCCCCCCCCCCO. The maximum absolute atomic E-state index is 8.60.